The van der Waals surface area contributed by atoms with Crippen LogP contribution in [0, 0.1) is 11.8 Å². The molecule has 35 heavy (non-hydrogen) atoms. The predicted molar refractivity (Wildman–Crippen MR) is 128 cm³/mol. The number of rotatable bonds is 11. The third-order valence-electron chi connectivity index (χ3n) is 6.63. The number of nitrogens with zero attached hydrogens (tertiary/aromatic N) is 2. The van der Waals surface area contributed by atoms with Crippen molar-refractivity contribution >= 4 is 28.0 Å². The van der Waals surface area contributed by atoms with E-state index in [9.17, 15) is 17.6 Å². The molecular formula is C24H30F2N4O4S. The highest BCUT2D eigenvalue weighted by Crippen LogP contribution is 2.45. The molecule has 11 heteroatoms. The molecule has 0 unspecified atom stereocenters. The second kappa shape index (κ2) is 10.9. The summed E-state index contributed by atoms with van der Waals surface area (Å²) in [6.45, 7) is 1.32. The zero-order valence-electron chi connectivity index (χ0n) is 19.5. The van der Waals surface area contributed by atoms with Gasteiger partial charge in [0, 0.05) is 24.3 Å². The fourth-order valence-electron chi connectivity index (χ4n) is 4.71. The third-order valence-corrected chi connectivity index (χ3v) is 8.00. The summed E-state index contributed by atoms with van der Waals surface area (Å²) in [5, 5.41) is 3.50. The zero-order valence-corrected chi connectivity index (χ0v) is 20.4. The van der Waals surface area contributed by atoms with Crippen molar-refractivity contribution in [2.75, 3.05) is 30.2 Å². The van der Waals surface area contributed by atoms with E-state index in [4.69, 9.17) is 4.74 Å². The highest BCUT2D eigenvalue weighted by atomic mass is 32.2. The molecule has 0 aliphatic heterocycles. The molecule has 2 aliphatic rings. The molecule has 190 valence electrons. The van der Waals surface area contributed by atoms with Crippen LogP contribution in [0.4, 0.5) is 20.3 Å². The van der Waals surface area contributed by atoms with E-state index in [-0.39, 0.29) is 23.8 Å². The Bertz CT molecular complexity index is 1160. The van der Waals surface area contributed by atoms with E-state index in [0.717, 1.165) is 50.2 Å². The number of nitrogens with one attached hydrogen (secondary N) is 2. The molecule has 0 radical (unpaired) electrons. The number of pyridine rings is 1. The monoisotopic (exact) mass is 508 g/mol. The van der Waals surface area contributed by atoms with Crippen molar-refractivity contribution in [2.24, 2.45) is 0 Å². The Kier molecular flexibility index (Phi) is 7.85. The Balaban J connectivity index is 1.58. The molecule has 1 heterocycles. The lowest BCUT2D eigenvalue weighted by Gasteiger charge is -2.39. The minimum absolute atomic E-state index is 0.0407. The van der Waals surface area contributed by atoms with Gasteiger partial charge in [0.1, 0.15) is 23.1 Å². The number of carbonyl (C=O) groups is 1. The molecule has 0 bridgehead atoms. The van der Waals surface area contributed by atoms with E-state index < -0.39 is 26.7 Å². The molecule has 1 aromatic carbocycles. The van der Waals surface area contributed by atoms with Crippen molar-refractivity contribution in [2.45, 2.75) is 61.4 Å². The second-order valence-corrected chi connectivity index (χ2v) is 10.8. The number of ether oxygens (including phenoxy) is 1. The van der Waals surface area contributed by atoms with Gasteiger partial charge in [-0.1, -0.05) is 18.9 Å². The van der Waals surface area contributed by atoms with Crippen LogP contribution in [0.3, 0.4) is 0 Å². The maximum absolute atomic E-state index is 15.2. The van der Waals surface area contributed by atoms with Gasteiger partial charge in [-0.3, -0.25) is 14.4 Å². The summed E-state index contributed by atoms with van der Waals surface area (Å²) in [4.78, 5) is 15.6. The van der Waals surface area contributed by atoms with Crippen LogP contribution in [-0.2, 0) is 19.6 Å². The van der Waals surface area contributed by atoms with Crippen LogP contribution < -0.4 is 10.0 Å². The fourth-order valence-corrected chi connectivity index (χ4v) is 5.80. The first kappa shape index (κ1) is 25.3. The number of hydrogen-bond donors (Lipinski definition) is 2. The van der Waals surface area contributed by atoms with Crippen LogP contribution in [0.1, 0.15) is 50.0 Å². The molecule has 2 aliphatic carbocycles. The van der Waals surface area contributed by atoms with E-state index >= 15 is 4.39 Å². The van der Waals surface area contributed by atoms with E-state index in [1.165, 1.54) is 24.3 Å². The highest BCUT2D eigenvalue weighted by Gasteiger charge is 2.33. The van der Waals surface area contributed by atoms with Crippen LogP contribution in [-0.4, -0.2) is 57.1 Å². The van der Waals surface area contributed by atoms with Crippen molar-refractivity contribution in [1.29, 1.82) is 0 Å². The SMILES string of the molecule is CN(CCOC=O)[C@H]1CCCC[C@@H]1Nc1cc(F)c(S(=O)(=O)Nc2cccc(F)n2)cc1C1CC1. The summed E-state index contributed by atoms with van der Waals surface area (Å²) >= 11 is 0. The van der Waals surface area contributed by atoms with Gasteiger partial charge in [-0.15, -0.1) is 0 Å². The third kappa shape index (κ3) is 6.26. The van der Waals surface area contributed by atoms with Gasteiger partial charge < -0.3 is 10.1 Å². The topological polar surface area (TPSA) is 101 Å². The van der Waals surface area contributed by atoms with Gasteiger partial charge in [0.25, 0.3) is 16.5 Å². The van der Waals surface area contributed by atoms with Gasteiger partial charge >= 0.3 is 0 Å². The smallest absolute Gasteiger partial charge is 0.293 e. The van der Waals surface area contributed by atoms with E-state index in [2.05, 4.69) is 19.9 Å². The lowest BCUT2D eigenvalue weighted by Crippen LogP contribution is -2.48. The number of likely N-dealkylation sites (N-methyl/N-ethyl adjacent to an activating group) is 1. The van der Waals surface area contributed by atoms with Crippen molar-refractivity contribution in [3.05, 3.63) is 47.7 Å². The molecule has 2 N–H and O–H groups in total. The minimum atomic E-state index is -4.31. The molecule has 2 saturated carbocycles. The van der Waals surface area contributed by atoms with Gasteiger partial charge in [-0.2, -0.15) is 4.39 Å². The normalized spacial score (nSPS) is 20.5. The molecule has 4 rings (SSSR count). The molecule has 2 fully saturated rings. The average Bonchev–Trinajstić information content (AvgIpc) is 3.64. The van der Waals surface area contributed by atoms with Gasteiger partial charge in [-0.05, 0) is 68.5 Å². The largest absolute Gasteiger partial charge is 0.467 e. The van der Waals surface area contributed by atoms with Gasteiger partial charge in [0.2, 0.25) is 5.95 Å². The number of hydrogen-bond acceptors (Lipinski definition) is 7. The maximum atomic E-state index is 15.2. The molecule has 8 nitrogen and oxygen atoms in total. The summed E-state index contributed by atoms with van der Waals surface area (Å²) in [5.74, 6) is -1.79. The first-order valence-corrected chi connectivity index (χ1v) is 13.3. The lowest BCUT2D eigenvalue weighted by molar-refractivity contribution is -0.129. The van der Waals surface area contributed by atoms with E-state index in [1.54, 1.807) is 0 Å². The Morgan fingerprint density at radius 3 is 2.66 bits per heavy atom. The van der Waals surface area contributed by atoms with Crippen LogP contribution in [0.25, 0.3) is 0 Å². The summed E-state index contributed by atoms with van der Waals surface area (Å²) in [6.07, 6.45) is 5.74. The van der Waals surface area contributed by atoms with Crippen molar-refractivity contribution in [3.8, 4) is 0 Å². The minimum Gasteiger partial charge on any atom is -0.467 e. The van der Waals surface area contributed by atoms with Crippen LogP contribution in [0.15, 0.2) is 35.2 Å². The van der Waals surface area contributed by atoms with Crippen molar-refractivity contribution in [1.82, 2.24) is 9.88 Å². The molecule has 0 amide bonds. The summed E-state index contributed by atoms with van der Waals surface area (Å²) in [6, 6.07) is 6.56. The zero-order chi connectivity index (χ0) is 25.0. The summed E-state index contributed by atoms with van der Waals surface area (Å²) in [7, 11) is -2.33. The molecule has 2 aromatic rings. The lowest BCUT2D eigenvalue weighted by atomic mass is 9.88. The second-order valence-electron chi connectivity index (χ2n) is 9.15. The van der Waals surface area contributed by atoms with Gasteiger partial charge in [0.05, 0.1) is 0 Å². The number of carbonyl (C=O) groups excluding carboxylic acids is 1. The number of anilines is 2. The molecule has 2 atom stereocenters. The number of benzene rings is 1. The van der Waals surface area contributed by atoms with Gasteiger partial charge in [-0.25, -0.2) is 17.8 Å². The summed E-state index contributed by atoms with van der Waals surface area (Å²) < 4.78 is 61.4. The Hall–Kier alpha value is -2.79. The molecule has 0 saturated heterocycles. The quantitative estimate of drug-likeness (QED) is 0.270. The molecule has 1 aromatic heterocycles. The van der Waals surface area contributed by atoms with E-state index in [0.29, 0.717) is 25.3 Å². The van der Waals surface area contributed by atoms with Crippen molar-refractivity contribution < 1.29 is 26.7 Å². The molecule has 0 spiro atoms. The number of sulfonamides is 1. The van der Waals surface area contributed by atoms with E-state index in [1.807, 2.05) is 7.05 Å². The van der Waals surface area contributed by atoms with Crippen LogP contribution in [0.2, 0.25) is 0 Å². The standard InChI is InChI=1S/C24H30F2N4O4S/c1-30(11-12-34-15-31)21-6-3-2-5-19(21)27-20-14-18(25)22(13-17(20)16-9-10-16)35(32,33)29-24-8-4-7-23(26)28-24/h4,7-8,13-16,19,21,27H,2-3,5-6,9-12H2,1H3,(H,28,29)/t19-,21-/m0/s1. The van der Waals surface area contributed by atoms with Crippen LogP contribution in [0.5, 0.6) is 0 Å². The fraction of sp³-hybridized carbons (Fsp3) is 0.500. The Morgan fingerprint density at radius 1 is 1.17 bits per heavy atom. The number of aromatic nitrogens is 1. The average molecular weight is 509 g/mol. The van der Waals surface area contributed by atoms with Crippen LogP contribution >= 0.6 is 0 Å². The molecular weight excluding hydrogens is 478 g/mol. The maximum Gasteiger partial charge on any atom is 0.293 e. The summed E-state index contributed by atoms with van der Waals surface area (Å²) in [5.41, 5.74) is 1.36. The Morgan fingerprint density at radius 2 is 1.94 bits per heavy atom. The van der Waals surface area contributed by atoms with Gasteiger partial charge in [0.15, 0.2) is 0 Å². The predicted octanol–water partition coefficient (Wildman–Crippen LogP) is 3.87. The van der Waals surface area contributed by atoms with Crippen molar-refractivity contribution in [3.63, 3.8) is 0 Å². The highest BCUT2D eigenvalue weighted by molar-refractivity contribution is 7.92. The first-order chi connectivity index (χ1) is 16.8. The first-order valence-electron chi connectivity index (χ1n) is 11.8. The number of halogens is 2. The Labute approximate surface area is 204 Å².